The number of nitrogens with two attached hydrogens (primary N) is 1. The van der Waals surface area contributed by atoms with E-state index in [1.807, 2.05) is 18.2 Å². The van der Waals surface area contributed by atoms with Crippen LogP contribution in [0.1, 0.15) is 41.3 Å². The lowest BCUT2D eigenvalue weighted by molar-refractivity contribution is 0.1000. The summed E-state index contributed by atoms with van der Waals surface area (Å²) < 4.78 is 0. The van der Waals surface area contributed by atoms with E-state index in [4.69, 9.17) is 5.73 Å². The lowest BCUT2D eigenvalue weighted by Crippen LogP contribution is -2.35. The van der Waals surface area contributed by atoms with Crippen LogP contribution < -0.4 is 11.1 Å². The summed E-state index contributed by atoms with van der Waals surface area (Å²) in [5.74, 6) is -0.337. The first-order valence-corrected chi connectivity index (χ1v) is 6.35. The van der Waals surface area contributed by atoms with Crippen molar-refractivity contribution in [2.45, 2.75) is 38.6 Å². The van der Waals surface area contributed by atoms with Gasteiger partial charge in [0.25, 0.3) is 0 Å². The van der Waals surface area contributed by atoms with Crippen molar-refractivity contribution in [3.05, 3.63) is 34.9 Å². The summed E-state index contributed by atoms with van der Waals surface area (Å²) >= 11 is 0. The van der Waals surface area contributed by atoms with Crippen LogP contribution >= 0.6 is 12.4 Å². The van der Waals surface area contributed by atoms with Gasteiger partial charge in [-0.1, -0.05) is 13.0 Å². The Labute approximate surface area is 115 Å². The second-order valence-electron chi connectivity index (χ2n) is 4.74. The normalized spacial score (nSPS) is 17.7. The Balaban J connectivity index is 0.00000162. The van der Waals surface area contributed by atoms with Crippen LogP contribution in [0, 0.1) is 0 Å². The number of amides is 1. The number of halogens is 1. The van der Waals surface area contributed by atoms with Crippen molar-refractivity contribution < 1.29 is 4.79 Å². The lowest BCUT2D eigenvalue weighted by Gasteiger charge is -2.25. The molecule has 0 fully saturated rings. The molecule has 1 aromatic carbocycles. The zero-order valence-corrected chi connectivity index (χ0v) is 11.6. The second-order valence-corrected chi connectivity index (χ2v) is 4.74. The first-order valence-electron chi connectivity index (χ1n) is 6.35. The first-order chi connectivity index (χ1) is 8.20. The summed E-state index contributed by atoms with van der Waals surface area (Å²) in [6.07, 6.45) is 4.44. The van der Waals surface area contributed by atoms with E-state index in [0.717, 1.165) is 25.8 Å². The smallest absolute Gasteiger partial charge is 0.248 e. The molecular weight excluding hydrogens is 248 g/mol. The Morgan fingerprint density at radius 3 is 2.89 bits per heavy atom. The molecule has 3 nitrogen and oxygen atoms in total. The molecule has 4 heteroatoms. The Hall–Kier alpha value is -1.06. The highest BCUT2D eigenvalue weighted by molar-refractivity contribution is 5.93. The van der Waals surface area contributed by atoms with Gasteiger partial charge in [0.05, 0.1) is 0 Å². The molecule has 1 aliphatic rings. The van der Waals surface area contributed by atoms with Crippen LogP contribution in [0.3, 0.4) is 0 Å². The number of carbonyl (C=O) groups excluding carboxylic acids is 1. The lowest BCUT2D eigenvalue weighted by atomic mass is 9.87. The molecule has 0 saturated carbocycles. The fourth-order valence-corrected chi connectivity index (χ4v) is 2.43. The number of aryl methyl sites for hydroxylation is 1. The highest BCUT2D eigenvalue weighted by Gasteiger charge is 2.18. The quantitative estimate of drug-likeness (QED) is 0.878. The minimum Gasteiger partial charge on any atom is -0.366 e. The molecule has 0 bridgehead atoms. The van der Waals surface area contributed by atoms with Crippen LogP contribution in [-0.2, 0) is 12.8 Å². The van der Waals surface area contributed by atoms with Crippen LogP contribution in [0.15, 0.2) is 18.2 Å². The minimum absolute atomic E-state index is 0. The van der Waals surface area contributed by atoms with E-state index in [0.29, 0.717) is 11.6 Å². The van der Waals surface area contributed by atoms with E-state index in [2.05, 4.69) is 12.2 Å². The van der Waals surface area contributed by atoms with E-state index >= 15 is 0 Å². The van der Waals surface area contributed by atoms with Crippen molar-refractivity contribution in [1.82, 2.24) is 5.32 Å². The molecule has 0 aliphatic heterocycles. The van der Waals surface area contributed by atoms with Gasteiger partial charge in [-0.15, -0.1) is 12.4 Å². The van der Waals surface area contributed by atoms with Gasteiger partial charge in [0.2, 0.25) is 5.91 Å². The SMILES string of the molecule is CCCN[C@H]1CCc2ccc(C(N)=O)cc2C1.Cl. The molecular formula is C14H21ClN2O. The minimum atomic E-state index is -0.337. The van der Waals surface area contributed by atoms with Crippen molar-refractivity contribution in [2.24, 2.45) is 5.73 Å². The summed E-state index contributed by atoms with van der Waals surface area (Å²) in [6.45, 7) is 3.24. The molecule has 100 valence electrons. The molecule has 0 radical (unpaired) electrons. The maximum Gasteiger partial charge on any atom is 0.248 e. The van der Waals surface area contributed by atoms with Gasteiger partial charge in [0.15, 0.2) is 0 Å². The zero-order chi connectivity index (χ0) is 12.3. The van der Waals surface area contributed by atoms with Crippen molar-refractivity contribution in [1.29, 1.82) is 0 Å². The fourth-order valence-electron chi connectivity index (χ4n) is 2.43. The molecule has 0 spiro atoms. The molecule has 1 aliphatic carbocycles. The maximum absolute atomic E-state index is 11.1. The third-order valence-electron chi connectivity index (χ3n) is 3.40. The monoisotopic (exact) mass is 268 g/mol. The molecule has 18 heavy (non-hydrogen) atoms. The third kappa shape index (κ3) is 3.47. The van der Waals surface area contributed by atoms with Gasteiger partial charge in [-0.25, -0.2) is 0 Å². The number of primary amides is 1. The molecule has 0 aromatic heterocycles. The predicted molar refractivity (Wildman–Crippen MR) is 76.3 cm³/mol. The summed E-state index contributed by atoms with van der Waals surface area (Å²) in [5.41, 5.74) is 8.58. The number of fused-ring (bicyclic) bond motifs is 1. The number of carbonyl (C=O) groups is 1. The van der Waals surface area contributed by atoms with Gasteiger partial charge in [-0.2, -0.15) is 0 Å². The summed E-state index contributed by atoms with van der Waals surface area (Å²) in [4.78, 5) is 11.1. The average molecular weight is 269 g/mol. The predicted octanol–water partition coefficient (Wildman–Crippen LogP) is 2.06. The van der Waals surface area contributed by atoms with E-state index < -0.39 is 0 Å². The van der Waals surface area contributed by atoms with Crippen molar-refractivity contribution >= 4 is 18.3 Å². The van der Waals surface area contributed by atoms with Crippen molar-refractivity contribution in [3.63, 3.8) is 0 Å². The maximum atomic E-state index is 11.1. The summed E-state index contributed by atoms with van der Waals surface area (Å²) in [7, 11) is 0. The number of rotatable bonds is 4. The van der Waals surface area contributed by atoms with Crippen LogP contribution in [-0.4, -0.2) is 18.5 Å². The van der Waals surface area contributed by atoms with Crippen LogP contribution in [0.5, 0.6) is 0 Å². The van der Waals surface area contributed by atoms with Gasteiger partial charge in [-0.3, -0.25) is 4.79 Å². The van der Waals surface area contributed by atoms with Gasteiger partial charge in [0, 0.05) is 11.6 Å². The Kier molecular flexibility index (Phi) is 5.63. The van der Waals surface area contributed by atoms with Gasteiger partial charge >= 0.3 is 0 Å². The number of hydrogen-bond acceptors (Lipinski definition) is 2. The van der Waals surface area contributed by atoms with Crippen molar-refractivity contribution in [2.75, 3.05) is 6.54 Å². The highest BCUT2D eigenvalue weighted by Crippen LogP contribution is 2.22. The highest BCUT2D eigenvalue weighted by atomic mass is 35.5. The largest absolute Gasteiger partial charge is 0.366 e. The molecule has 0 saturated heterocycles. The van der Waals surface area contributed by atoms with Gasteiger partial charge in [-0.05, 0) is 55.5 Å². The van der Waals surface area contributed by atoms with Gasteiger partial charge in [0.1, 0.15) is 0 Å². The van der Waals surface area contributed by atoms with Gasteiger partial charge < -0.3 is 11.1 Å². The molecule has 1 amide bonds. The Bertz CT molecular complexity index is 420. The van der Waals surface area contributed by atoms with E-state index in [-0.39, 0.29) is 18.3 Å². The fraction of sp³-hybridized carbons (Fsp3) is 0.500. The number of benzene rings is 1. The molecule has 1 atom stereocenters. The third-order valence-corrected chi connectivity index (χ3v) is 3.40. The topological polar surface area (TPSA) is 55.1 Å². The number of hydrogen-bond donors (Lipinski definition) is 2. The number of nitrogens with one attached hydrogen (secondary N) is 1. The van der Waals surface area contributed by atoms with E-state index in [9.17, 15) is 4.79 Å². The molecule has 0 unspecified atom stereocenters. The van der Waals surface area contributed by atoms with Crippen LogP contribution in [0.4, 0.5) is 0 Å². The molecule has 2 rings (SSSR count). The van der Waals surface area contributed by atoms with Crippen LogP contribution in [0.2, 0.25) is 0 Å². The second kappa shape index (κ2) is 6.76. The summed E-state index contributed by atoms with van der Waals surface area (Å²) in [6, 6.07) is 6.38. The summed E-state index contributed by atoms with van der Waals surface area (Å²) in [5, 5.41) is 3.54. The molecule has 1 aromatic rings. The van der Waals surface area contributed by atoms with E-state index in [1.165, 1.54) is 17.5 Å². The first kappa shape index (κ1) is 15.0. The van der Waals surface area contributed by atoms with E-state index in [1.54, 1.807) is 0 Å². The Morgan fingerprint density at radius 1 is 1.44 bits per heavy atom. The average Bonchev–Trinajstić information content (AvgIpc) is 2.35. The molecule has 0 heterocycles. The molecule has 3 N–H and O–H groups in total. The zero-order valence-electron chi connectivity index (χ0n) is 10.7. The van der Waals surface area contributed by atoms with Crippen LogP contribution in [0.25, 0.3) is 0 Å². The standard InChI is InChI=1S/C14H20N2O.ClH/c1-2-7-16-13-6-5-10-3-4-11(14(15)17)8-12(10)9-13;/h3-4,8,13,16H,2,5-7,9H2,1H3,(H2,15,17);1H/t13-;/m0./s1. The Morgan fingerprint density at radius 2 is 2.22 bits per heavy atom. The van der Waals surface area contributed by atoms with Crippen molar-refractivity contribution in [3.8, 4) is 0 Å².